The van der Waals surface area contributed by atoms with E-state index >= 15 is 0 Å². The number of rotatable bonds is 5. The lowest BCUT2D eigenvalue weighted by Crippen LogP contribution is -2.28. The molecule has 0 spiro atoms. The normalized spacial score (nSPS) is 10.3. The maximum absolute atomic E-state index is 9.00. The highest BCUT2D eigenvalue weighted by Crippen LogP contribution is 2.22. The Labute approximate surface area is 91.5 Å². The highest BCUT2D eigenvalue weighted by Gasteiger charge is 2.07. The number of aliphatic hydroxyl groups is 1. The van der Waals surface area contributed by atoms with Crippen LogP contribution in [0.25, 0.3) is 0 Å². The van der Waals surface area contributed by atoms with Gasteiger partial charge < -0.3 is 15.7 Å². The van der Waals surface area contributed by atoms with Gasteiger partial charge in [0.1, 0.15) is 0 Å². The van der Waals surface area contributed by atoms with Gasteiger partial charge in [0, 0.05) is 24.5 Å². The van der Waals surface area contributed by atoms with Crippen LogP contribution in [0, 0.1) is 6.92 Å². The lowest BCUT2D eigenvalue weighted by atomic mass is 10.1. The largest absolute Gasteiger partial charge is 0.399 e. The van der Waals surface area contributed by atoms with Gasteiger partial charge in [0.15, 0.2) is 0 Å². The average molecular weight is 208 g/mol. The molecule has 3 heteroatoms. The van der Waals surface area contributed by atoms with Crippen molar-refractivity contribution in [2.75, 3.05) is 30.3 Å². The molecule has 15 heavy (non-hydrogen) atoms. The summed E-state index contributed by atoms with van der Waals surface area (Å²) in [6, 6.07) is 5.90. The Balaban J connectivity index is 2.89. The smallest absolute Gasteiger partial charge is 0.0606 e. The van der Waals surface area contributed by atoms with Gasteiger partial charge in [0.05, 0.1) is 6.61 Å². The summed E-state index contributed by atoms with van der Waals surface area (Å²) in [7, 11) is 0. The van der Waals surface area contributed by atoms with E-state index in [0.29, 0.717) is 6.54 Å². The first kappa shape index (κ1) is 11.9. The van der Waals surface area contributed by atoms with Crippen LogP contribution < -0.4 is 10.6 Å². The first-order valence-electron chi connectivity index (χ1n) is 5.41. The number of aryl methyl sites for hydroxylation is 1. The maximum Gasteiger partial charge on any atom is 0.0606 e. The van der Waals surface area contributed by atoms with Gasteiger partial charge in [-0.05, 0) is 37.1 Å². The fourth-order valence-corrected chi connectivity index (χ4v) is 1.78. The second-order valence-corrected chi connectivity index (χ2v) is 3.76. The van der Waals surface area contributed by atoms with Crippen LogP contribution in [0.4, 0.5) is 11.4 Å². The SMILES string of the molecule is CCCN(CCO)c1ccc(N)cc1C. The Morgan fingerprint density at radius 3 is 2.60 bits per heavy atom. The Kier molecular flexibility index (Phi) is 4.43. The molecule has 0 radical (unpaired) electrons. The second kappa shape index (κ2) is 5.61. The molecule has 0 amide bonds. The minimum atomic E-state index is 0.184. The molecule has 0 fully saturated rings. The van der Waals surface area contributed by atoms with Gasteiger partial charge in [0.25, 0.3) is 0 Å². The molecule has 0 aliphatic rings. The van der Waals surface area contributed by atoms with Crippen molar-refractivity contribution in [1.82, 2.24) is 0 Å². The number of benzene rings is 1. The number of hydrogen-bond donors (Lipinski definition) is 2. The van der Waals surface area contributed by atoms with E-state index in [1.54, 1.807) is 0 Å². The Morgan fingerprint density at radius 1 is 1.33 bits per heavy atom. The van der Waals surface area contributed by atoms with Crippen LogP contribution >= 0.6 is 0 Å². The number of nitrogen functional groups attached to an aromatic ring is 1. The molecule has 1 aromatic rings. The van der Waals surface area contributed by atoms with Gasteiger partial charge in [-0.15, -0.1) is 0 Å². The van der Waals surface area contributed by atoms with E-state index in [9.17, 15) is 0 Å². The molecule has 3 N–H and O–H groups in total. The van der Waals surface area contributed by atoms with E-state index in [1.165, 1.54) is 5.69 Å². The van der Waals surface area contributed by atoms with Crippen molar-refractivity contribution in [2.45, 2.75) is 20.3 Å². The van der Waals surface area contributed by atoms with Gasteiger partial charge in [-0.25, -0.2) is 0 Å². The second-order valence-electron chi connectivity index (χ2n) is 3.76. The standard InChI is InChI=1S/C12H20N2O/c1-3-6-14(7-8-15)12-5-4-11(13)9-10(12)2/h4-5,9,15H,3,6-8,13H2,1-2H3. The summed E-state index contributed by atoms with van der Waals surface area (Å²) in [5, 5.41) is 9.00. The lowest BCUT2D eigenvalue weighted by molar-refractivity contribution is 0.302. The van der Waals surface area contributed by atoms with E-state index in [0.717, 1.165) is 24.2 Å². The van der Waals surface area contributed by atoms with Crippen molar-refractivity contribution in [3.05, 3.63) is 23.8 Å². The first-order valence-corrected chi connectivity index (χ1v) is 5.41. The topological polar surface area (TPSA) is 49.5 Å². The molecule has 0 atom stereocenters. The molecule has 1 aromatic carbocycles. The van der Waals surface area contributed by atoms with Gasteiger partial charge >= 0.3 is 0 Å². The molecule has 1 rings (SSSR count). The summed E-state index contributed by atoms with van der Waals surface area (Å²) in [4.78, 5) is 2.19. The van der Waals surface area contributed by atoms with E-state index < -0.39 is 0 Å². The number of anilines is 2. The summed E-state index contributed by atoms with van der Waals surface area (Å²) in [5.74, 6) is 0. The summed E-state index contributed by atoms with van der Waals surface area (Å²) in [5.41, 5.74) is 8.83. The van der Waals surface area contributed by atoms with Gasteiger partial charge in [-0.3, -0.25) is 0 Å². The third-order valence-corrected chi connectivity index (χ3v) is 2.42. The molecule has 0 saturated carbocycles. The van der Waals surface area contributed by atoms with Crippen molar-refractivity contribution < 1.29 is 5.11 Å². The third kappa shape index (κ3) is 3.13. The predicted molar refractivity (Wildman–Crippen MR) is 65.2 cm³/mol. The summed E-state index contributed by atoms with van der Waals surface area (Å²) in [6.07, 6.45) is 1.07. The number of nitrogens with two attached hydrogens (primary N) is 1. The zero-order valence-electron chi connectivity index (χ0n) is 9.53. The molecule has 0 aliphatic heterocycles. The van der Waals surface area contributed by atoms with Crippen molar-refractivity contribution in [1.29, 1.82) is 0 Å². The maximum atomic E-state index is 9.00. The zero-order valence-corrected chi connectivity index (χ0v) is 9.53. The summed E-state index contributed by atoms with van der Waals surface area (Å²) in [6.45, 7) is 6.01. The van der Waals surface area contributed by atoms with Crippen LogP contribution in [0.15, 0.2) is 18.2 Å². The van der Waals surface area contributed by atoms with E-state index in [1.807, 2.05) is 25.1 Å². The van der Waals surface area contributed by atoms with Crippen LogP contribution in [0.2, 0.25) is 0 Å². The van der Waals surface area contributed by atoms with Crippen LogP contribution in [-0.2, 0) is 0 Å². The predicted octanol–water partition coefficient (Wildman–Crippen LogP) is 1.79. The number of hydrogen-bond acceptors (Lipinski definition) is 3. The molecule has 0 saturated heterocycles. The number of aliphatic hydroxyl groups excluding tert-OH is 1. The van der Waals surface area contributed by atoms with Crippen LogP contribution in [0.3, 0.4) is 0 Å². The van der Waals surface area contributed by atoms with Gasteiger partial charge in [-0.2, -0.15) is 0 Å². The highest BCUT2D eigenvalue weighted by atomic mass is 16.3. The first-order chi connectivity index (χ1) is 7.19. The lowest BCUT2D eigenvalue weighted by Gasteiger charge is -2.25. The van der Waals surface area contributed by atoms with Crippen molar-refractivity contribution in [3.8, 4) is 0 Å². The van der Waals surface area contributed by atoms with Crippen molar-refractivity contribution in [3.63, 3.8) is 0 Å². The zero-order chi connectivity index (χ0) is 11.3. The van der Waals surface area contributed by atoms with Gasteiger partial charge in [-0.1, -0.05) is 6.92 Å². The van der Waals surface area contributed by atoms with Gasteiger partial charge in [0.2, 0.25) is 0 Å². The molecule has 0 unspecified atom stereocenters. The van der Waals surface area contributed by atoms with E-state index in [2.05, 4.69) is 11.8 Å². The van der Waals surface area contributed by atoms with Crippen molar-refractivity contribution in [2.24, 2.45) is 0 Å². The third-order valence-electron chi connectivity index (χ3n) is 2.42. The molecule has 0 aliphatic carbocycles. The monoisotopic (exact) mass is 208 g/mol. The average Bonchev–Trinajstić information content (AvgIpc) is 2.17. The van der Waals surface area contributed by atoms with Crippen LogP contribution in [0.5, 0.6) is 0 Å². The molecule has 0 aromatic heterocycles. The van der Waals surface area contributed by atoms with Crippen LogP contribution in [0.1, 0.15) is 18.9 Å². The Bertz CT molecular complexity index is 306. The summed E-state index contributed by atoms with van der Waals surface area (Å²) >= 11 is 0. The fraction of sp³-hybridized carbons (Fsp3) is 0.500. The van der Waals surface area contributed by atoms with E-state index in [-0.39, 0.29) is 6.61 Å². The Hall–Kier alpha value is -1.22. The molecule has 0 heterocycles. The molecule has 84 valence electrons. The van der Waals surface area contributed by atoms with E-state index in [4.69, 9.17) is 10.8 Å². The van der Waals surface area contributed by atoms with Crippen LogP contribution in [-0.4, -0.2) is 24.8 Å². The summed E-state index contributed by atoms with van der Waals surface area (Å²) < 4.78 is 0. The fourth-order valence-electron chi connectivity index (χ4n) is 1.78. The molecule has 0 bridgehead atoms. The molecular formula is C12H20N2O. The molecular weight excluding hydrogens is 188 g/mol. The highest BCUT2D eigenvalue weighted by molar-refractivity contribution is 5.59. The minimum Gasteiger partial charge on any atom is -0.399 e. The quantitative estimate of drug-likeness (QED) is 0.725. The van der Waals surface area contributed by atoms with Crippen molar-refractivity contribution >= 4 is 11.4 Å². The molecule has 3 nitrogen and oxygen atoms in total. The minimum absolute atomic E-state index is 0.184. The Morgan fingerprint density at radius 2 is 2.07 bits per heavy atom. The number of nitrogens with zero attached hydrogens (tertiary/aromatic N) is 1.